The zero-order valence-electron chi connectivity index (χ0n) is 19.0. The van der Waals surface area contributed by atoms with Crippen molar-refractivity contribution in [2.75, 3.05) is 13.2 Å². The van der Waals surface area contributed by atoms with Gasteiger partial charge in [0.2, 0.25) is 0 Å². The van der Waals surface area contributed by atoms with E-state index in [2.05, 4.69) is 0 Å². The van der Waals surface area contributed by atoms with E-state index in [4.69, 9.17) is 15.2 Å². The second kappa shape index (κ2) is 11.0. The molecule has 3 rings (SSSR count). The van der Waals surface area contributed by atoms with Gasteiger partial charge in [0.1, 0.15) is 11.8 Å². The van der Waals surface area contributed by atoms with Gasteiger partial charge in [-0.15, -0.1) is 0 Å². The minimum atomic E-state index is -0.548. The van der Waals surface area contributed by atoms with Crippen molar-refractivity contribution < 1.29 is 14.3 Å². The maximum atomic E-state index is 13.2. The van der Waals surface area contributed by atoms with Gasteiger partial charge in [0.05, 0.1) is 18.7 Å². The molecule has 0 fully saturated rings. The fourth-order valence-electron chi connectivity index (χ4n) is 3.59. The molecule has 0 amide bonds. The highest BCUT2D eigenvalue weighted by atomic mass is 16.5. The molecule has 1 aromatic heterocycles. The van der Waals surface area contributed by atoms with Gasteiger partial charge in [-0.25, -0.2) is 0 Å². The molecule has 2 N–H and O–H groups in total. The second-order valence-electron chi connectivity index (χ2n) is 8.15. The lowest BCUT2D eigenvalue weighted by Crippen LogP contribution is -2.31. The van der Waals surface area contributed by atoms with Crippen LogP contribution in [0.2, 0.25) is 0 Å². The lowest BCUT2D eigenvalue weighted by molar-refractivity contribution is -0.145. The molecular formula is C26H32N2O4. The molecule has 2 aromatic carbocycles. The molecule has 0 aliphatic carbocycles. The molecule has 0 spiro atoms. The van der Waals surface area contributed by atoms with E-state index in [0.29, 0.717) is 31.6 Å². The molecule has 3 aromatic rings. The van der Waals surface area contributed by atoms with Gasteiger partial charge in [0, 0.05) is 17.0 Å². The quantitative estimate of drug-likeness (QED) is 0.368. The molecule has 0 saturated heterocycles. The fourth-order valence-corrected chi connectivity index (χ4v) is 3.59. The number of esters is 1. The highest BCUT2D eigenvalue weighted by Crippen LogP contribution is 2.26. The van der Waals surface area contributed by atoms with Crippen molar-refractivity contribution in [3.8, 4) is 16.9 Å². The third-order valence-electron chi connectivity index (χ3n) is 5.40. The highest BCUT2D eigenvalue weighted by molar-refractivity contribution is 5.85. The van der Waals surface area contributed by atoms with E-state index < -0.39 is 6.04 Å². The van der Waals surface area contributed by atoms with Gasteiger partial charge < -0.3 is 19.8 Å². The smallest absolute Gasteiger partial charge is 0.322 e. The highest BCUT2D eigenvalue weighted by Gasteiger charge is 2.14. The lowest BCUT2D eigenvalue weighted by Gasteiger charge is -2.17. The Morgan fingerprint density at radius 1 is 1.03 bits per heavy atom. The molecule has 0 saturated carbocycles. The number of ether oxygens (including phenoxy) is 2. The van der Waals surface area contributed by atoms with Crippen LogP contribution in [0, 0.1) is 0 Å². The van der Waals surface area contributed by atoms with Crippen LogP contribution in [0.3, 0.4) is 0 Å². The van der Waals surface area contributed by atoms with E-state index in [1.54, 1.807) is 0 Å². The van der Waals surface area contributed by atoms with Crippen molar-refractivity contribution in [2.24, 2.45) is 5.73 Å². The summed E-state index contributed by atoms with van der Waals surface area (Å²) >= 11 is 0. The summed E-state index contributed by atoms with van der Waals surface area (Å²) in [4.78, 5) is 24.8. The molecule has 6 heteroatoms. The van der Waals surface area contributed by atoms with Crippen LogP contribution in [0.5, 0.6) is 5.75 Å². The van der Waals surface area contributed by atoms with Crippen LogP contribution in [0.25, 0.3) is 22.0 Å². The molecule has 0 bridgehead atoms. The molecule has 6 nitrogen and oxygen atoms in total. The van der Waals surface area contributed by atoms with Crippen LogP contribution in [0.15, 0.2) is 59.4 Å². The number of hydrogen-bond donors (Lipinski definition) is 1. The van der Waals surface area contributed by atoms with Gasteiger partial charge in [0.25, 0.3) is 5.56 Å². The second-order valence-corrected chi connectivity index (χ2v) is 8.15. The number of carbonyl (C=O) groups excluding carboxylic acids is 1. The number of benzene rings is 2. The van der Waals surface area contributed by atoms with Crippen molar-refractivity contribution in [2.45, 2.75) is 52.1 Å². The molecule has 1 heterocycles. The van der Waals surface area contributed by atoms with Crippen molar-refractivity contribution in [1.82, 2.24) is 4.57 Å². The summed E-state index contributed by atoms with van der Waals surface area (Å²) in [6, 6.07) is 16.9. The number of hydrogen-bond acceptors (Lipinski definition) is 5. The molecule has 1 unspecified atom stereocenters. The SMILES string of the molecule is CCC(N)C(=O)OCCCCOc1ccc2c(c1)cc(-c1ccccc1)c(=O)n2C(C)C. The first-order chi connectivity index (χ1) is 15.4. The zero-order valence-corrected chi connectivity index (χ0v) is 19.0. The van der Waals surface area contributed by atoms with Crippen LogP contribution in [-0.4, -0.2) is 29.8 Å². The van der Waals surface area contributed by atoms with E-state index in [0.717, 1.165) is 28.6 Å². The summed E-state index contributed by atoms with van der Waals surface area (Å²) in [5, 5.41) is 0.956. The van der Waals surface area contributed by atoms with Crippen molar-refractivity contribution >= 4 is 16.9 Å². The minimum Gasteiger partial charge on any atom is -0.494 e. The van der Waals surface area contributed by atoms with E-state index in [1.165, 1.54) is 0 Å². The van der Waals surface area contributed by atoms with Crippen LogP contribution in [-0.2, 0) is 9.53 Å². The normalized spacial score (nSPS) is 12.2. The van der Waals surface area contributed by atoms with E-state index >= 15 is 0 Å². The average Bonchev–Trinajstić information content (AvgIpc) is 2.80. The number of rotatable bonds is 10. The van der Waals surface area contributed by atoms with E-state index in [9.17, 15) is 9.59 Å². The largest absolute Gasteiger partial charge is 0.494 e. The Morgan fingerprint density at radius 3 is 2.44 bits per heavy atom. The molecule has 1 atom stereocenters. The number of pyridine rings is 1. The Kier molecular flexibility index (Phi) is 8.06. The Morgan fingerprint density at radius 2 is 1.75 bits per heavy atom. The van der Waals surface area contributed by atoms with Gasteiger partial charge in [0.15, 0.2) is 0 Å². The first-order valence-electron chi connectivity index (χ1n) is 11.2. The van der Waals surface area contributed by atoms with Gasteiger partial charge in [-0.1, -0.05) is 37.3 Å². The number of unbranched alkanes of at least 4 members (excludes halogenated alkanes) is 1. The Hall–Kier alpha value is -3.12. The number of nitrogens with zero attached hydrogens (tertiary/aromatic N) is 1. The number of nitrogens with two attached hydrogens (primary N) is 1. The molecule has 0 aliphatic heterocycles. The Labute approximate surface area is 189 Å². The first-order valence-corrected chi connectivity index (χ1v) is 11.2. The van der Waals surface area contributed by atoms with Gasteiger partial charge >= 0.3 is 5.97 Å². The van der Waals surface area contributed by atoms with E-state index in [-0.39, 0.29) is 17.6 Å². The van der Waals surface area contributed by atoms with Crippen molar-refractivity contribution in [3.05, 3.63) is 65.0 Å². The fraction of sp³-hybridized carbons (Fsp3) is 0.385. The van der Waals surface area contributed by atoms with Gasteiger partial charge in [-0.05, 0) is 62.9 Å². The predicted octanol–water partition coefficient (Wildman–Crippen LogP) is 4.69. The third-order valence-corrected chi connectivity index (χ3v) is 5.40. The maximum absolute atomic E-state index is 13.2. The predicted molar refractivity (Wildman–Crippen MR) is 128 cm³/mol. The number of carbonyl (C=O) groups is 1. The topological polar surface area (TPSA) is 83.6 Å². The average molecular weight is 437 g/mol. The monoisotopic (exact) mass is 436 g/mol. The number of fused-ring (bicyclic) bond motifs is 1. The summed E-state index contributed by atoms with van der Waals surface area (Å²) in [7, 11) is 0. The molecular weight excluding hydrogens is 404 g/mol. The molecule has 32 heavy (non-hydrogen) atoms. The Bertz CT molecular complexity index is 1110. The molecule has 0 radical (unpaired) electrons. The summed E-state index contributed by atoms with van der Waals surface area (Å²) in [5.41, 5.74) is 8.11. The minimum absolute atomic E-state index is 0.00436. The van der Waals surface area contributed by atoms with Crippen LogP contribution >= 0.6 is 0 Å². The lowest BCUT2D eigenvalue weighted by atomic mass is 10.0. The summed E-state index contributed by atoms with van der Waals surface area (Å²) in [5.74, 6) is 0.392. The van der Waals surface area contributed by atoms with Crippen LogP contribution < -0.4 is 16.0 Å². The number of aromatic nitrogens is 1. The third kappa shape index (κ3) is 5.56. The standard InChI is InChI=1S/C26H32N2O4/c1-4-23(27)26(30)32-15-9-8-14-31-21-12-13-24-20(16-21)17-22(19-10-6-5-7-11-19)25(29)28(24)18(2)3/h5-7,10-13,16-18,23H,4,8-9,14-15,27H2,1-3H3. The maximum Gasteiger partial charge on any atom is 0.322 e. The summed E-state index contributed by atoms with van der Waals surface area (Å²) in [6.07, 6.45) is 2.04. The van der Waals surface area contributed by atoms with Gasteiger partial charge in [-0.3, -0.25) is 9.59 Å². The zero-order chi connectivity index (χ0) is 23.1. The van der Waals surface area contributed by atoms with Crippen LogP contribution in [0.1, 0.15) is 46.1 Å². The molecule has 0 aliphatic rings. The summed E-state index contributed by atoms with van der Waals surface area (Å²) < 4.78 is 12.9. The molecule has 170 valence electrons. The first kappa shape index (κ1) is 23.5. The van der Waals surface area contributed by atoms with Crippen LogP contribution in [0.4, 0.5) is 0 Å². The van der Waals surface area contributed by atoms with Crippen molar-refractivity contribution in [3.63, 3.8) is 0 Å². The summed E-state index contributed by atoms with van der Waals surface area (Å²) in [6.45, 7) is 6.74. The van der Waals surface area contributed by atoms with E-state index in [1.807, 2.05) is 79.9 Å². The van der Waals surface area contributed by atoms with Crippen molar-refractivity contribution in [1.29, 1.82) is 0 Å². The Balaban J connectivity index is 1.72. The van der Waals surface area contributed by atoms with Gasteiger partial charge in [-0.2, -0.15) is 0 Å².